The number of ketones is 1. The maximum atomic E-state index is 11.7. The van der Waals surface area contributed by atoms with Crippen LogP contribution in [0, 0.1) is 24.8 Å². The number of aryl methyl sites for hydroxylation is 3. The van der Waals surface area contributed by atoms with Gasteiger partial charge in [-0.3, -0.25) is 14.8 Å². The van der Waals surface area contributed by atoms with Gasteiger partial charge >= 0.3 is 0 Å². The number of benzene rings is 2. The van der Waals surface area contributed by atoms with E-state index in [1.165, 1.54) is 39.4 Å². The average Bonchev–Trinajstić information content (AvgIpc) is 3.01. The number of pyridine rings is 2. The van der Waals surface area contributed by atoms with Crippen molar-refractivity contribution < 1.29 is 30.0 Å². The van der Waals surface area contributed by atoms with E-state index in [-0.39, 0.29) is 43.5 Å². The molecule has 1 N–H and O–H groups in total. The Kier molecular flexibility index (Phi) is 13.1. The Bertz CT molecular complexity index is 1600. The maximum absolute atomic E-state index is 11.7. The molecule has 44 heavy (non-hydrogen) atoms. The maximum Gasteiger partial charge on any atom is 0.162 e. The molecule has 0 unspecified atom stereocenters. The summed E-state index contributed by atoms with van der Waals surface area (Å²) in [6, 6.07) is 20.9. The molecule has 2 aromatic carbocycles. The molecule has 0 amide bonds. The number of allylic oxidation sites excluding steroid dienone is 2. The summed E-state index contributed by atoms with van der Waals surface area (Å²) in [4.78, 5) is 21.3. The van der Waals surface area contributed by atoms with Crippen LogP contribution in [-0.4, -0.2) is 20.9 Å². The zero-order valence-electron chi connectivity index (χ0n) is 27.3. The van der Waals surface area contributed by atoms with Gasteiger partial charge in [-0.15, -0.1) is 29.1 Å². The van der Waals surface area contributed by atoms with Gasteiger partial charge in [0.05, 0.1) is 5.76 Å². The van der Waals surface area contributed by atoms with Crippen molar-refractivity contribution in [3.63, 3.8) is 0 Å². The molecule has 1 radical (unpaired) electrons. The molecule has 0 saturated carbocycles. The number of fused-ring (bicyclic) bond motifs is 4. The summed E-state index contributed by atoms with van der Waals surface area (Å²) < 4.78 is 0. The fourth-order valence-electron chi connectivity index (χ4n) is 6.03. The summed E-state index contributed by atoms with van der Waals surface area (Å²) in [6.07, 6.45) is 8.95. The van der Waals surface area contributed by atoms with Gasteiger partial charge in [0.2, 0.25) is 0 Å². The zero-order chi connectivity index (χ0) is 31.1. The van der Waals surface area contributed by atoms with Gasteiger partial charge in [0, 0.05) is 66.9 Å². The van der Waals surface area contributed by atoms with Crippen molar-refractivity contribution in [2.75, 3.05) is 0 Å². The summed E-state index contributed by atoms with van der Waals surface area (Å²) in [6.45, 7) is 14.6. The molecule has 235 valence electrons. The minimum atomic E-state index is 0. The minimum Gasteiger partial charge on any atom is -0.512 e. The Labute approximate surface area is 277 Å². The Morgan fingerprint density at radius 1 is 0.932 bits per heavy atom. The molecule has 1 aliphatic rings. The van der Waals surface area contributed by atoms with E-state index in [4.69, 9.17) is 9.97 Å². The quantitative estimate of drug-likeness (QED) is 0.105. The summed E-state index contributed by atoms with van der Waals surface area (Å²) in [5.41, 5.74) is 9.52. The van der Waals surface area contributed by atoms with E-state index in [2.05, 4.69) is 75.4 Å². The second-order valence-electron chi connectivity index (χ2n) is 12.0. The van der Waals surface area contributed by atoms with Crippen LogP contribution in [0.5, 0.6) is 0 Å². The van der Waals surface area contributed by atoms with Crippen molar-refractivity contribution in [1.29, 1.82) is 0 Å². The van der Waals surface area contributed by atoms with Crippen molar-refractivity contribution in [2.45, 2.75) is 92.9 Å². The Hall–Kier alpha value is -3.14. The molecule has 0 fully saturated rings. The standard InChI is InChI=1S/C26H23N2.C13H24O2.Ir/c1-16(2)23-13-20(12-18-6-4-5-7-21(18)23)26-14-24-19(15-27-26)9-11-25-22(24)10-8-17(3)28-25;1-5-10(6-2)12(14)9-13(15)11(7-3)8-4;/h4-8,10,13-16H,9,11H2,1-3H3;9-11,14H,5-8H2,1-4H3;/q-1;;/b;12-9-;. The molecule has 5 rings (SSSR count). The normalized spacial score (nSPS) is 12.5. The topological polar surface area (TPSA) is 63.1 Å². The fourth-order valence-corrected chi connectivity index (χ4v) is 6.03. The van der Waals surface area contributed by atoms with Gasteiger partial charge in [-0.2, -0.15) is 0 Å². The van der Waals surface area contributed by atoms with Crippen molar-refractivity contribution in [2.24, 2.45) is 11.8 Å². The third-order valence-electron chi connectivity index (χ3n) is 8.81. The van der Waals surface area contributed by atoms with E-state index >= 15 is 0 Å². The van der Waals surface area contributed by atoms with Crippen LogP contribution in [0.15, 0.2) is 66.6 Å². The number of aliphatic hydroxyl groups is 1. The number of rotatable bonds is 9. The molecule has 2 heterocycles. The molecule has 0 aliphatic heterocycles. The molecular weight excluding hydrogens is 721 g/mol. The molecule has 2 aromatic heterocycles. The summed E-state index contributed by atoms with van der Waals surface area (Å²) in [5, 5.41) is 12.2. The van der Waals surface area contributed by atoms with E-state index in [9.17, 15) is 9.90 Å². The summed E-state index contributed by atoms with van der Waals surface area (Å²) >= 11 is 0. The predicted octanol–water partition coefficient (Wildman–Crippen LogP) is 10.2. The first kappa shape index (κ1) is 35.3. The molecule has 0 saturated heterocycles. The SMILES string of the molecule is CCC(CC)C(=O)/C=C(\O)C(CC)CC.Cc1ccc2c(n1)CCc1cnc(-c3[c-]c4ccccc4c(C(C)C)c3)cc1-2.[Ir]. The number of hydrogen-bond donors (Lipinski definition) is 1. The summed E-state index contributed by atoms with van der Waals surface area (Å²) in [5.74, 6) is 0.995. The summed E-state index contributed by atoms with van der Waals surface area (Å²) in [7, 11) is 0. The first-order valence-electron chi connectivity index (χ1n) is 16.1. The Morgan fingerprint density at radius 2 is 1.61 bits per heavy atom. The van der Waals surface area contributed by atoms with Crippen LogP contribution in [0.2, 0.25) is 0 Å². The van der Waals surface area contributed by atoms with Crippen molar-refractivity contribution in [3.8, 4) is 22.4 Å². The van der Waals surface area contributed by atoms with Crippen molar-refractivity contribution in [3.05, 3.63) is 95.1 Å². The number of hydrogen-bond acceptors (Lipinski definition) is 4. The molecule has 0 bridgehead atoms. The third-order valence-corrected chi connectivity index (χ3v) is 8.81. The molecule has 4 aromatic rings. The minimum absolute atomic E-state index is 0. The van der Waals surface area contributed by atoms with E-state index in [0.29, 0.717) is 5.92 Å². The van der Waals surface area contributed by atoms with E-state index < -0.39 is 0 Å². The van der Waals surface area contributed by atoms with Crippen LogP contribution >= 0.6 is 0 Å². The Morgan fingerprint density at radius 3 is 2.27 bits per heavy atom. The number of aliphatic hydroxyl groups excluding tert-OH is 1. The van der Waals surface area contributed by atoms with Crippen LogP contribution in [0.1, 0.15) is 95.7 Å². The van der Waals surface area contributed by atoms with Gasteiger partial charge < -0.3 is 5.11 Å². The average molecular weight is 768 g/mol. The monoisotopic (exact) mass is 768 g/mol. The van der Waals surface area contributed by atoms with Gasteiger partial charge in [0.1, 0.15) is 0 Å². The number of aromatic nitrogens is 2. The first-order chi connectivity index (χ1) is 20.7. The second-order valence-corrected chi connectivity index (χ2v) is 12.0. The van der Waals surface area contributed by atoms with E-state index in [1.54, 1.807) is 0 Å². The van der Waals surface area contributed by atoms with Crippen LogP contribution in [-0.2, 0) is 37.7 Å². The van der Waals surface area contributed by atoms with E-state index in [1.807, 2.05) is 33.9 Å². The number of carbonyl (C=O) groups is 1. The zero-order valence-corrected chi connectivity index (χ0v) is 29.7. The van der Waals surface area contributed by atoms with Crippen molar-refractivity contribution in [1.82, 2.24) is 9.97 Å². The van der Waals surface area contributed by atoms with Gasteiger partial charge in [-0.25, -0.2) is 0 Å². The molecular formula is C39H47IrN2O2-. The van der Waals surface area contributed by atoms with E-state index in [0.717, 1.165) is 60.9 Å². The predicted molar refractivity (Wildman–Crippen MR) is 179 cm³/mol. The molecule has 1 aliphatic carbocycles. The van der Waals surface area contributed by atoms with Crippen molar-refractivity contribution >= 4 is 16.6 Å². The number of nitrogens with zero attached hydrogens (tertiary/aromatic N) is 2. The second kappa shape index (κ2) is 16.3. The molecule has 0 atom stereocenters. The van der Waals surface area contributed by atoms with Gasteiger partial charge in [0.25, 0.3) is 0 Å². The Balaban J connectivity index is 0.000000286. The molecule has 0 spiro atoms. The van der Waals surface area contributed by atoms with Gasteiger partial charge in [-0.05, 0) is 68.6 Å². The van der Waals surface area contributed by atoms with Crippen LogP contribution in [0.25, 0.3) is 33.2 Å². The van der Waals surface area contributed by atoms with Crippen LogP contribution in [0.4, 0.5) is 0 Å². The fraction of sp³-hybridized carbons (Fsp3) is 0.410. The van der Waals surface area contributed by atoms with Crippen LogP contribution < -0.4 is 0 Å². The third kappa shape index (κ3) is 8.11. The van der Waals surface area contributed by atoms with Gasteiger partial charge in [0.15, 0.2) is 5.78 Å². The van der Waals surface area contributed by atoms with Gasteiger partial charge in [-0.1, -0.05) is 82.8 Å². The smallest absolute Gasteiger partial charge is 0.162 e. The molecule has 5 heteroatoms. The number of carbonyl (C=O) groups excluding carboxylic acids is 1. The van der Waals surface area contributed by atoms with Crippen LogP contribution in [0.3, 0.4) is 0 Å². The largest absolute Gasteiger partial charge is 0.512 e. The molecule has 4 nitrogen and oxygen atoms in total. The first-order valence-corrected chi connectivity index (χ1v) is 16.1.